The number of nitrogens with one attached hydrogen (secondary N) is 1. The van der Waals surface area contributed by atoms with Crippen LogP contribution >= 0.6 is 11.6 Å². The molecule has 1 N–H and O–H groups in total. The van der Waals surface area contributed by atoms with Crippen molar-refractivity contribution in [1.82, 2.24) is 0 Å². The molecule has 0 saturated carbocycles. The van der Waals surface area contributed by atoms with Gasteiger partial charge in [-0.1, -0.05) is 23.7 Å². The highest BCUT2D eigenvalue weighted by molar-refractivity contribution is 6.34. The van der Waals surface area contributed by atoms with Crippen LogP contribution in [0.2, 0.25) is 5.02 Å². The molecule has 146 valence electrons. The van der Waals surface area contributed by atoms with Crippen LogP contribution in [-0.4, -0.2) is 32.6 Å². The van der Waals surface area contributed by atoms with E-state index in [2.05, 4.69) is 5.32 Å². The Morgan fingerprint density at radius 3 is 2.68 bits per heavy atom. The minimum absolute atomic E-state index is 0.0638. The van der Waals surface area contributed by atoms with Crippen LogP contribution in [0.15, 0.2) is 42.5 Å². The molecule has 0 aliphatic carbocycles. The van der Waals surface area contributed by atoms with Crippen molar-refractivity contribution in [2.45, 2.75) is 12.8 Å². The van der Waals surface area contributed by atoms with E-state index in [1.165, 1.54) is 6.08 Å². The second kappa shape index (κ2) is 8.80. The minimum Gasteiger partial charge on any atom is -0.493 e. The van der Waals surface area contributed by atoms with Gasteiger partial charge in [-0.05, 0) is 36.8 Å². The monoisotopic (exact) mass is 400 g/mol. The van der Waals surface area contributed by atoms with Crippen LogP contribution < -0.4 is 19.7 Å². The van der Waals surface area contributed by atoms with E-state index in [0.29, 0.717) is 40.9 Å². The minimum atomic E-state index is -0.314. The standard InChI is InChI=1S/C21H21ClN2O4/c1-27-18-6-3-5-14(21(18)28-2)8-11-19(25)23-15-9-10-17(16(22)13-15)24-12-4-7-20(24)26/h3,5-6,8-11,13H,4,7,12H2,1-2H3,(H,23,25)/b11-8-. The van der Waals surface area contributed by atoms with E-state index in [4.69, 9.17) is 21.1 Å². The fourth-order valence-corrected chi connectivity index (χ4v) is 3.38. The molecular weight excluding hydrogens is 380 g/mol. The van der Waals surface area contributed by atoms with Crippen LogP contribution in [0.5, 0.6) is 11.5 Å². The molecule has 0 bridgehead atoms. The lowest BCUT2D eigenvalue weighted by molar-refractivity contribution is -0.117. The molecule has 7 heteroatoms. The lowest BCUT2D eigenvalue weighted by Crippen LogP contribution is -2.24. The van der Waals surface area contributed by atoms with E-state index in [1.54, 1.807) is 49.5 Å². The van der Waals surface area contributed by atoms with Gasteiger partial charge in [-0.3, -0.25) is 9.59 Å². The van der Waals surface area contributed by atoms with Crippen LogP contribution in [0.3, 0.4) is 0 Å². The number of carbonyl (C=O) groups is 2. The van der Waals surface area contributed by atoms with Crippen molar-refractivity contribution in [1.29, 1.82) is 0 Å². The summed E-state index contributed by atoms with van der Waals surface area (Å²) < 4.78 is 10.6. The van der Waals surface area contributed by atoms with Gasteiger partial charge in [-0.2, -0.15) is 0 Å². The molecule has 0 spiro atoms. The van der Waals surface area contributed by atoms with Crippen molar-refractivity contribution in [3.05, 3.63) is 53.1 Å². The fourth-order valence-electron chi connectivity index (χ4n) is 3.10. The topological polar surface area (TPSA) is 67.9 Å². The van der Waals surface area contributed by atoms with Gasteiger partial charge < -0.3 is 19.7 Å². The maximum Gasteiger partial charge on any atom is 0.248 e. The van der Waals surface area contributed by atoms with Gasteiger partial charge in [-0.15, -0.1) is 0 Å². The Hall–Kier alpha value is -2.99. The number of benzene rings is 2. The first-order valence-electron chi connectivity index (χ1n) is 8.83. The van der Waals surface area contributed by atoms with Crippen LogP contribution in [0.4, 0.5) is 11.4 Å². The second-order valence-corrected chi connectivity index (χ2v) is 6.63. The molecule has 0 aromatic heterocycles. The van der Waals surface area contributed by atoms with Gasteiger partial charge in [0.1, 0.15) is 0 Å². The van der Waals surface area contributed by atoms with E-state index < -0.39 is 0 Å². The number of para-hydroxylation sites is 1. The van der Waals surface area contributed by atoms with Gasteiger partial charge in [0.15, 0.2) is 11.5 Å². The van der Waals surface area contributed by atoms with Crippen molar-refractivity contribution in [2.75, 3.05) is 31.0 Å². The van der Waals surface area contributed by atoms with Gasteiger partial charge in [0.25, 0.3) is 0 Å². The third kappa shape index (κ3) is 4.28. The summed E-state index contributed by atoms with van der Waals surface area (Å²) >= 11 is 6.31. The molecule has 2 aromatic carbocycles. The Kier molecular flexibility index (Phi) is 6.21. The Morgan fingerprint density at radius 1 is 1.21 bits per heavy atom. The van der Waals surface area contributed by atoms with Crippen LogP contribution in [0.1, 0.15) is 18.4 Å². The zero-order chi connectivity index (χ0) is 20.1. The largest absolute Gasteiger partial charge is 0.493 e. The number of ether oxygens (including phenoxy) is 2. The predicted octanol–water partition coefficient (Wildman–Crippen LogP) is 4.14. The number of methoxy groups -OCH3 is 2. The highest BCUT2D eigenvalue weighted by Gasteiger charge is 2.23. The van der Waals surface area contributed by atoms with E-state index in [1.807, 2.05) is 12.1 Å². The molecule has 0 radical (unpaired) electrons. The Balaban J connectivity index is 1.71. The molecule has 2 amide bonds. The zero-order valence-electron chi connectivity index (χ0n) is 15.7. The van der Waals surface area contributed by atoms with Gasteiger partial charge in [-0.25, -0.2) is 0 Å². The van der Waals surface area contributed by atoms with Crippen LogP contribution in [-0.2, 0) is 9.59 Å². The van der Waals surface area contributed by atoms with Crippen molar-refractivity contribution < 1.29 is 19.1 Å². The summed E-state index contributed by atoms with van der Waals surface area (Å²) in [5.74, 6) is 0.889. The molecule has 0 atom stereocenters. The molecule has 6 nitrogen and oxygen atoms in total. The number of halogens is 1. The highest BCUT2D eigenvalue weighted by Crippen LogP contribution is 2.32. The molecule has 1 saturated heterocycles. The van der Waals surface area contributed by atoms with E-state index in [-0.39, 0.29) is 11.8 Å². The van der Waals surface area contributed by atoms with Gasteiger partial charge in [0, 0.05) is 30.3 Å². The zero-order valence-corrected chi connectivity index (χ0v) is 16.5. The lowest BCUT2D eigenvalue weighted by Gasteiger charge is -2.17. The quantitative estimate of drug-likeness (QED) is 0.740. The molecule has 28 heavy (non-hydrogen) atoms. The maximum absolute atomic E-state index is 12.3. The number of amides is 2. The third-order valence-corrected chi connectivity index (χ3v) is 4.73. The summed E-state index contributed by atoms with van der Waals surface area (Å²) in [7, 11) is 3.10. The Bertz CT molecular complexity index is 927. The first kappa shape index (κ1) is 19.8. The Labute approximate surface area is 168 Å². The molecule has 3 rings (SSSR count). The summed E-state index contributed by atoms with van der Waals surface area (Å²) in [4.78, 5) is 25.8. The first-order valence-corrected chi connectivity index (χ1v) is 9.21. The van der Waals surface area contributed by atoms with Crippen LogP contribution in [0, 0.1) is 0 Å². The molecule has 1 heterocycles. The number of anilines is 2. The molecule has 0 unspecified atom stereocenters. The summed E-state index contributed by atoms with van der Waals surface area (Å²) in [6.07, 6.45) is 4.41. The number of hydrogen-bond donors (Lipinski definition) is 1. The average Bonchev–Trinajstić information content (AvgIpc) is 3.11. The summed E-state index contributed by atoms with van der Waals surface area (Å²) in [6.45, 7) is 0.662. The average molecular weight is 401 g/mol. The van der Waals surface area contributed by atoms with Gasteiger partial charge in [0.2, 0.25) is 11.8 Å². The second-order valence-electron chi connectivity index (χ2n) is 6.22. The number of carbonyl (C=O) groups excluding carboxylic acids is 2. The molecule has 2 aromatic rings. The lowest BCUT2D eigenvalue weighted by atomic mass is 10.1. The molecular formula is C21H21ClN2O4. The van der Waals surface area contributed by atoms with Crippen LogP contribution in [0.25, 0.3) is 6.08 Å². The SMILES string of the molecule is COc1cccc(/C=C\C(=O)Nc2ccc(N3CCCC3=O)c(Cl)c2)c1OC. The van der Waals surface area contributed by atoms with Crippen molar-refractivity contribution in [3.63, 3.8) is 0 Å². The third-order valence-electron chi connectivity index (χ3n) is 4.43. The first-order chi connectivity index (χ1) is 13.5. The van der Waals surface area contributed by atoms with Crippen molar-refractivity contribution in [3.8, 4) is 11.5 Å². The Morgan fingerprint density at radius 2 is 2.04 bits per heavy atom. The molecule has 1 aliphatic heterocycles. The van der Waals surface area contributed by atoms with Gasteiger partial charge >= 0.3 is 0 Å². The molecule has 1 fully saturated rings. The highest BCUT2D eigenvalue weighted by atomic mass is 35.5. The smallest absolute Gasteiger partial charge is 0.248 e. The van der Waals surface area contributed by atoms with Crippen molar-refractivity contribution in [2.24, 2.45) is 0 Å². The normalized spacial score (nSPS) is 13.8. The predicted molar refractivity (Wildman–Crippen MR) is 110 cm³/mol. The summed E-state index contributed by atoms with van der Waals surface area (Å²) in [5.41, 5.74) is 1.93. The van der Waals surface area contributed by atoms with Gasteiger partial charge in [0.05, 0.1) is 24.9 Å². The maximum atomic E-state index is 12.3. The van der Waals surface area contributed by atoms with E-state index >= 15 is 0 Å². The fraction of sp³-hybridized carbons (Fsp3) is 0.238. The summed E-state index contributed by atoms with van der Waals surface area (Å²) in [5, 5.41) is 3.19. The number of rotatable bonds is 6. The van der Waals surface area contributed by atoms with E-state index in [0.717, 1.165) is 12.0 Å². The van der Waals surface area contributed by atoms with Crippen molar-refractivity contribution >= 4 is 40.9 Å². The summed E-state index contributed by atoms with van der Waals surface area (Å²) in [6, 6.07) is 10.5. The molecule has 1 aliphatic rings. The number of hydrogen-bond acceptors (Lipinski definition) is 4. The number of nitrogens with zero attached hydrogens (tertiary/aromatic N) is 1. The van der Waals surface area contributed by atoms with E-state index in [9.17, 15) is 9.59 Å².